The van der Waals surface area contributed by atoms with E-state index in [0.29, 0.717) is 12.0 Å². The lowest BCUT2D eigenvalue weighted by Crippen LogP contribution is -2.25. The Morgan fingerprint density at radius 2 is 2.00 bits per heavy atom. The van der Waals surface area contributed by atoms with Crippen molar-refractivity contribution in [2.75, 3.05) is 24.7 Å². The molecule has 1 fully saturated rings. The third-order valence-corrected chi connectivity index (χ3v) is 4.45. The summed E-state index contributed by atoms with van der Waals surface area (Å²) in [5, 5.41) is 12.3. The first kappa shape index (κ1) is 14.8. The first-order chi connectivity index (χ1) is 9.31. The molecule has 1 saturated carbocycles. The van der Waals surface area contributed by atoms with Crippen LogP contribution >= 0.6 is 11.8 Å². The van der Waals surface area contributed by atoms with Gasteiger partial charge in [-0.15, -0.1) is 0 Å². The fourth-order valence-corrected chi connectivity index (χ4v) is 3.01. The van der Waals surface area contributed by atoms with Crippen LogP contribution in [-0.4, -0.2) is 29.8 Å². The lowest BCUT2D eigenvalue weighted by Gasteiger charge is -2.18. The quantitative estimate of drug-likeness (QED) is 0.683. The van der Waals surface area contributed by atoms with Crippen LogP contribution in [0.25, 0.3) is 0 Å². The topological polar surface area (TPSA) is 32.3 Å². The zero-order valence-electron chi connectivity index (χ0n) is 11.1. The Kier molecular flexibility index (Phi) is 6.14. The highest BCUT2D eigenvalue weighted by molar-refractivity contribution is 7.99. The second-order valence-electron chi connectivity index (χ2n) is 5.01. The number of hydrogen-bond acceptors (Lipinski definition) is 3. The van der Waals surface area contributed by atoms with Gasteiger partial charge in [0.2, 0.25) is 0 Å². The molecule has 1 unspecified atom stereocenters. The van der Waals surface area contributed by atoms with Crippen LogP contribution in [0.1, 0.15) is 30.9 Å². The second kappa shape index (κ2) is 7.88. The number of rotatable bonds is 9. The van der Waals surface area contributed by atoms with Crippen LogP contribution in [-0.2, 0) is 0 Å². The van der Waals surface area contributed by atoms with Crippen molar-refractivity contribution in [1.29, 1.82) is 0 Å². The van der Waals surface area contributed by atoms with Gasteiger partial charge < -0.3 is 10.4 Å². The van der Waals surface area contributed by atoms with Crippen LogP contribution in [0, 0.1) is 11.7 Å². The fourth-order valence-electron chi connectivity index (χ4n) is 2.21. The van der Waals surface area contributed by atoms with Crippen molar-refractivity contribution in [3.05, 3.63) is 35.6 Å². The molecule has 2 nitrogen and oxygen atoms in total. The van der Waals surface area contributed by atoms with Gasteiger partial charge >= 0.3 is 0 Å². The van der Waals surface area contributed by atoms with Crippen molar-refractivity contribution in [2.45, 2.75) is 25.3 Å². The molecule has 1 aromatic carbocycles. The van der Waals surface area contributed by atoms with E-state index in [0.717, 1.165) is 24.5 Å². The maximum absolute atomic E-state index is 12.9. The Labute approximate surface area is 118 Å². The van der Waals surface area contributed by atoms with Gasteiger partial charge in [-0.25, -0.2) is 4.39 Å². The molecular formula is C15H22FNOS. The lowest BCUT2D eigenvalue weighted by molar-refractivity contribution is 0.296. The zero-order valence-corrected chi connectivity index (χ0v) is 12.0. The summed E-state index contributed by atoms with van der Waals surface area (Å²) < 4.78 is 12.9. The van der Waals surface area contributed by atoms with Gasteiger partial charge in [-0.2, -0.15) is 11.8 Å². The van der Waals surface area contributed by atoms with Crippen LogP contribution in [0.15, 0.2) is 24.3 Å². The number of aliphatic hydroxyl groups excluding tert-OH is 1. The van der Waals surface area contributed by atoms with Gasteiger partial charge in [0.25, 0.3) is 0 Å². The number of hydrogen-bond donors (Lipinski definition) is 2. The molecule has 4 heteroatoms. The van der Waals surface area contributed by atoms with Crippen molar-refractivity contribution in [2.24, 2.45) is 5.92 Å². The van der Waals surface area contributed by atoms with Crippen molar-refractivity contribution in [3.63, 3.8) is 0 Å². The summed E-state index contributed by atoms with van der Waals surface area (Å²) in [6.45, 7) is 1.25. The van der Waals surface area contributed by atoms with E-state index in [1.165, 1.54) is 18.4 Å². The van der Waals surface area contributed by atoms with E-state index in [9.17, 15) is 4.39 Å². The van der Waals surface area contributed by atoms with Gasteiger partial charge in [-0.1, -0.05) is 12.1 Å². The Morgan fingerprint density at radius 1 is 1.26 bits per heavy atom. The lowest BCUT2D eigenvalue weighted by atomic mass is 10.0. The molecule has 0 bridgehead atoms. The molecule has 0 amide bonds. The first-order valence-corrected chi connectivity index (χ1v) is 8.14. The minimum atomic E-state index is -0.169. The average Bonchev–Trinajstić information content (AvgIpc) is 3.24. The van der Waals surface area contributed by atoms with Gasteiger partial charge in [-0.3, -0.25) is 0 Å². The second-order valence-corrected chi connectivity index (χ2v) is 6.24. The Morgan fingerprint density at radius 3 is 2.63 bits per heavy atom. The van der Waals surface area contributed by atoms with Crippen LogP contribution in [0.5, 0.6) is 0 Å². The number of nitrogens with one attached hydrogen (secondary N) is 1. The number of halogens is 1. The van der Waals surface area contributed by atoms with Gasteiger partial charge in [-0.05, 0) is 48.6 Å². The van der Waals surface area contributed by atoms with Gasteiger partial charge in [0.15, 0.2) is 0 Å². The predicted molar refractivity (Wildman–Crippen MR) is 78.9 cm³/mol. The van der Waals surface area contributed by atoms with Gasteiger partial charge in [0.1, 0.15) is 5.82 Å². The Hall–Kier alpha value is -0.580. The molecule has 106 valence electrons. The molecule has 2 rings (SSSR count). The molecule has 1 aliphatic rings. The van der Waals surface area contributed by atoms with E-state index in [2.05, 4.69) is 5.32 Å². The first-order valence-electron chi connectivity index (χ1n) is 6.98. The van der Waals surface area contributed by atoms with E-state index >= 15 is 0 Å². The molecule has 1 aromatic rings. The van der Waals surface area contributed by atoms with Gasteiger partial charge in [0.05, 0.1) is 0 Å². The standard InChI is InChI=1S/C15H22FNOS/c16-14-6-4-13(5-7-14)15(12-2-3-12)17-8-11-19-10-1-9-18/h4-7,12,15,17-18H,1-3,8-11H2. The summed E-state index contributed by atoms with van der Waals surface area (Å²) in [5.74, 6) is 2.62. The normalized spacial score (nSPS) is 16.5. The monoisotopic (exact) mass is 283 g/mol. The predicted octanol–water partition coefficient (Wildman–Crippen LogP) is 2.98. The number of benzene rings is 1. The molecule has 1 atom stereocenters. The smallest absolute Gasteiger partial charge is 0.123 e. The van der Waals surface area contributed by atoms with Crippen molar-refractivity contribution in [3.8, 4) is 0 Å². The summed E-state index contributed by atoms with van der Waals surface area (Å²) in [7, 11) is 0. The van der Waals surface area contributed by atoms with Crippen molar-refractivity contribution in [1.82, 2.24) is 5.32 Å². The largest absolute Gasteiger partial charge is 0.396 e. The number of thioether (sulfide) groups is 1. The van der Waals surface area contributed by atoms with Crippen LogP contribution < -0.4 is 5.32 Å². The third-order valence-electron chi connectivity index (χ3n) is 3.38. The van der Waals surface area contributed by atoms with Crippen LogP contribution in [0.4, 0.5) is 4.39 Å². The van der Waals surface area contributed by atoms with Crippen molar-refractivity contribution >= 4 is 11.8 Å². The highest BCUT2D eigenvalue weighted by atomic mass is 32.2. The Balaban J connectivity index is 1.75. The van der Waals surface area contributed by atoms with E-state index in [-0.39, 0.29) is 12.4 Å². The summed E-state index contributed by atoms with van der Waals surface area (Å²) in [4.78, 5) is 0. The molecule has 0 radical (unpaired) electrons. The SMILES string of the molecule is OCCCSCCNC(c1ccc(F)cc1)C1CC1. The molecule has 1 aliphatic carbocycles. The highest BCUT2D eigenvalue weighted by Crippen LogP contribution is 2.40. The molecule has 19 heavy (non-hydrogen) atoms. The van der Waals surface area contributed by atoms with Gasteiger partial charge in [0, 0.05) is 24.9 Å². The van der Waals surface area contributed by atoms with E-state index in [1.807, 2.05) is 23.9 Å². The zero-order chi connectivity index (χ0) is 13.5. The van der Waals surface area contributed by atoms with Crippen LogP contribution in [0.3, 0.4) is 0 Å². The maximum atomic E-state index is 12.9. The van der Waals surface area contributed by atoms with E-state index in [4.69, 9.17) is 5.11 Å². The molecule has 0 heterocycles. The third kappa shape index (κ3) is 5.13. The Bertz CT molecular complexity index is 367. The molecule has 0 aliphatic heterocycles. The summed E-state index contributed by atoms with van der Waals surface area (Å²) >= 11 is 1.87. The maximum Gasteiger partial charge on any atom is 0.123 e. The highest BCUT2D eigenvalue weighted by Gasteiger charge is 2.31. The molecular weight excluding hydrogens is 261 g/mol. The average molecular weight is 283 g/mol. The summed E-state index contributed by atoms with van der Waals surface area (Å²) in [6, 6.07) is 7.25. The van der Waals surface area contributed by atoms with E-state index in [1.54, 1.807) is 12.1 Å². The van der Waals surface area contributed by atoms with E-state index < -0.39 is 0 Å². The molecule has 0 aromatic heterocycles. The molecule has 0 saturated heterocycles. The minimum absolute atomic E-state index is 0.169. The summed E-state index contributed by atoms with van der Waals surface area (Å²) in [6.07, 6.45) is 3.41. The number of aliphatic hydroxyl groups is 1. The minimum Gasteiger partial charge on any atom is -0.396 e. The molecule has 2 N–H and O–H groups in total. The van der Waals surface area contributed by atoms with Crippen LogP contribution in [0.2, 0.25) is 0 Å². The van der Waals surface area contributed by atoms with Crippen molar-refractivity contribution < 1.29 is 9.50 Å². The molecule has 0 spiro atoms. The summed E-state index contributed by atoms with van der Waals surface area (Å²) in [5.41, 5.74) is 1.20. The fraction of sp³-hybridized carbons (Fsp3) is 0.600.